The minimum Gasteiger partial charge on any atom is -0.507 e. The molecule has 1 N–H and O–H groups in total. The quantitative estimate of drug-likeness (QED) is 0.490. The summed E-state index contributed by atoms with van der Waals surface area (Å²) in [5.74, 6) is -0.0672. The van der Waals surface area contributed by atoms with Crippen molar-refractivity contribution in [2.24, 2.45) is 0 Å². The van der Waals surface area contributed by atoms with Crippen molar-refractivity contribution in [1.29, 1.82) is 0 Å². The highest BCUT2D eigenvalue weighted by Gasteiger charge is 2.38. The summed E-state index contributed by atoms with van der Waals surface area (Å²) in [4.78, 5) is 26.5. The molecule has 0 spiro atoms. The summed E-state index contributed by atoms with van der Waals surface area (Å²) in [6, 6.07) is 5.68. The summed E-state index contributed by atoms with van der Waals surface area (Å²) < 4.78 is 0. The highest BCUT2D eigenvalue weighted by Crippen LogP contribution is 2.35. The average molecular weight is 370 g/mol. The van der Waals surface area contributed by atoms with E-state index in [2.05, 4.69) is 6.92 Å². The van der Waals surface area contributed by atoms with Crippen LogP contribution >= 0.6 is 0 Å². The van der Waals surface area contributed by atoms with E-state index < -0.39 is 0 Å². The summed E-state index contributed by atoms with van der Waals surface area (Å²) in [5, 5.41) is 10.7. The Morgan fingerprint density at radius 2 is 1.48 bits per heavy atom. The van der Waals surface area contributed by atoms with Gasteiger partial charge in [-0.2, -0.15) is 0 Å². The molecular formula is C23H31NO3. The van der Waals surface area contributed by atoms with Crippen LogP contribution in [-0.4, -0.2) is 21.8 Å². The van der Waals surface area contributed by atoms with Crippen LogP contribution in [0.25, 0.3) is 0 Å². The van der Waals surface area contributed by atoms with Crippen molar-refractivity contribution in [2.75, 3.05) is 0 Å². The number of aryl methyl sites for hydroxylation is 1. The Bertz CT molecular complexity index is 707. The Balaban J connectivity index is 1.61. The number of nitrogens with zero attached hydrogens (tertiary/aromatic N) is 1. The number of hydrogen-bond acceptors (Lipinski definition) is 3. The predicted octanol–water partition coefficient (Wildman–Crippen LogP) is 5.03. The van der Waals surface area contributed by atoms with Crippen molar-refractivity contribution in [3.63, 3.8) is 0 Å². The molecule has 27 heavy (non-hydrogen) atoms. The molecule has 1 aromatic carbocycles. The Labute approximate surface area is 162 Å². The van der Waals surface area contributed by atoms with Gasteiger partial charge in [0.2, 0.25) is 0 Å². The predicted molar refractivity (Wildman–Crippen MR) is 106 cm³/mol. The van der Waals surface area contributed by atoms with Crippen molar-refractivity contribution in [3.05, 3.63) is 40.5 Å². The SMILES string of the molecule is CCCCCCCCc1cccc(CN2C(=O)C3=C(CCCC3)C2=O)c1O. The van der Waals surface area contributed by atoms with Gasteiger partial charge >= 0.3 is 0 Å². The fourth-order valence-electron chi connectivity index (χ4n) is 4.18. The second-order valence-electron chi connectivity index (χ2n) is 7.80. The Morgan fingerprint density at radius 1 is 0.889 bits per heavy atom. The minimum atomic E-state index is -0.157. The first-order chi connectivity index (χ1) is 13.1. The number of para-hydroxylation sites is 1. The number of aromatic hydroxyl groups is 1. The number of carbonyl (C=O) groups is 2. The lowest BCUT2D eigenvalue weighted by atomic mass is 9.93. The van der Waals surface area contributed by atoms with E-state index in [0.717, 1.165) is 31.2 Å². The fourth-order valence-corrected chi connectivity index (χ4v) is 4.18. The molecule has 0 unspecified atom stereocenters. The molecule has 0 atom stereocenters. The number of hydrogen-bond donors (Lipinski definition) is 1. The molecule has 1 aliphatic carbocycles. The second-order valence-corrected chi connectivity index (χ2v) is 7.80. The van der Waals surface area contributed by atoms with Crippen molar-refractivity contribution < 1.29 is 14.7 Å². The van der Waals surface area contributed by atoms with Gasteiger partial charge in [0, 0.05) is 16.7 Å². The highest BCUT2D eigenvalue weighted by atomic mass is 16.3. The zero-order valence-corrected chi connectivity index (χ0v) is 16.4. The first kappa shape index (κ1) is 19.7. The lowest BCUT2D eigenvalue weighted by Gasteiger charge is -2.17. The zero-order valence-electron chi connectivity index (χ0n) is 16.4. The second kappa shape index (κ2) is 9.20. The van der Waals surface area contributed by atoms with Gasteiger partial charge in [0.1, 0.15) is 5.75 Å². The molecular weight excluding hydrogens is 338 g/mol. The molecule has 0 saturated heterocycles. The third-order valence-corrected chi connectivity index (χ3v) is 5.81. The number of phenols is 1. The third-order valence-electron chi connectivity index (χ3n) is 5.81. The Hall–Kier alpha value is -2.10. The van der Waals surface area contributed by atoms with Gasteiger partial charge in [-0.15, -0.1) is 0 Å². The van der Waals surface area contributed by atoms with Gasteiger partial charge in [0.25, 0.3) is 11.8 Å². The van der Waals surface area contributed by atoms with E-state index >= 15 is 0 Å². The maximum atomic E-state index is 12.6. The molecule has 0 saturated carbocycles. The van der Waals surface area contributed by atoms with E-state index in [4.69, 9.17) is 0 Å². The van der Waals surface area contributed by atoms with E-state index in [0.29, 0.717) is 29.6 Å². The molecule has 146 valence electrons. The highest BCUT2D eigenvalue weighted by molar-refractivity contribution is 6.19. The van der Waals surface area contributed by atoms with Crippen molar-refractivity contribution in [3.8, 4) is 5.75 Å². The summed E-state index contributed by atoms with van der Waals surface area (Å²) in [7, 11) is 0. The number of imide groups is 1. The normalized spacial score (nSPS) is 17.0. The zero-order chi connectivity index (χ0) is 19.2. The maximum absolute atomic E-state index is 12.6. The van der Waals surface area contributed by atoms with Gasteiger partial charge in [-0.25, -0.2) is 0 Å². The lowest BCUT2D eigenvalue weighted by Crippen LogP contribution is -2.31. The average Bonchev–Trinajstić information content (AvgIpc) is 2.92. The molecule has 1 aromatic rings. The van der Waals surface area contributed by atoms with Crippen LogP contribution in [0.1, 0.15) is 82.3 Å². The maximum Gasteiger partial charge on any atom is 0.257 e. The fraction of sp³-hybridized carbons (Fsp3) is 0.565. The van der Waals surface area contributed by atoms with Crippen LogP contribution in [0.3, 0.4) is 0 Å². The van der Waals surface area contributed by atoms with Crippen LogP contribution in [-0.2, 0) is 22.6 Å². The van der Waals surface area contributed by atoms with Crippen molar-refractivity contribution in [2.45, 2.75) is 84.1 Å². The first-order valence-electron chi connectivity index (χ1n) is 10.5. The number of benzene rings is 1. The van der Waals surface area contributed by atoms with E-state index in [9.17, 15) is 14.7 Å². The topological polar surface area (TPSA) is 57.6 Å². The van der Waals surface area contributed by atoms with Crippen LogP contribution in [0.2, 0.25) is 0 Å². The van der Waals surface area contributed by atoms with Gasteiger partial charge in [-0.05, 0) is 44.1 Å². The molecule has 2 amide bonds. The molecule has 0 radical (unpaired) electrons. The van der Waals surface area contributed by atoms with Crippen LogP contribution in [0.4, 0.5) is 0 Å². The van der Waals surface area contributed by atoms with Gasteiger partial charge in [-0.1, -0.05) is 57.2 Å². The summed E-state index contributed by atoms with van der Waals surface area (Å²) in [6.45, 7) is 2.38. The molecule has 0 fully saturated rings. The molecule has 1 heterocycles. The van der Waals surface area contributed by atoms with E-state index in [1.54, 1.807) is 0 Å². The van der Waals surface area contributed by atoms with E-state index in [-0.39, 0.29) is 24.1 Å². The van der Waals surface area contributed by atoms with Crippen molar-refractivity contribution >= 4 is 11.8 Å². The number of unbranched alkanes of at least 4 members (excludes halogenated alkanes) is 5. The molecule has 0 bridgehead atoms. The Morgan fingerprint density at radius 3 is 2.15 bits per heavy atom. The van der Waals surface area contributed by atoms with Crippen LogP contribution in [0, 0.1) is 0 Å². The van der Waals surface area contributed by atoms with E-state index in [1.165, 1.54) is 37.0 Å². The number of amides is 2. The molecule has 2 aliphatic rings. The summed E-state index contributed by atoms with van der Waals surface area (Å²) in [5.41, 5.74) is 2.99. The Kier molecular flexibility index (Phi) is 6.70. The largest absolute Gasteiger partial charge is 0.507 e. The van der Waals surface area contributed by atoms with Crippen LogP contribution in [0.5, 0.6) is 5.75 Å². The third kappa shape index (κ3) is 4.42. The van der Waals surface area contributed by atoms with Crippen LogP contribution < -0.4 is 0 Å². The smallest absolute Gasteiger partial charge is 0.257 e. The minimum absolute atomic E-state index is 0.157. The summed E-state index contributed by atoms with van der Waals surface area (Å²) in [6.07, 6.45) is 11.5. The number of phenolic OH excluding ortho intramolecular Hbond substituents is 1. The van der Waals surface area contributed by atoms with Crippen LogP contribution in [0.15, 0.2) is 29.3 Å². The standard InChI is InChI=1S/C23H31NO3/c1-2-3-4-5-6-7-11-17-12-10-13-18(21(17)25)16-24-22(26)19-14-8-9-15-20(19)23(24)27/h10,12-13,25H,2-9,11,14-16H2,1H3. The number of carbonyl (C=O) groups excluding carboxylic acids is 2. The summed E-state index contributed by atoms with van der Waals surface area (Å²) >= 11 is 0. The number of rotatable bonds is 9. The first-order valence-corrected chi connectivity index (χ1v) is 10.5. The molecule has 3 rings (SSSR count). The molecule has 0 aromatic heterocycles. The molecule has 4 nitrogen and oxygen atoms in total. The van der Waals surface area contributed by atoms with E-state index in [1.807, 2.05) is 18.2 Å². The van der Waals surface area contributed by atoms with Gasteiger partial charge in [0.05, 0.1) is 6.54 Å². The van der Waals surface area contributed by atoms with Gasteiger partial charge < -0.3 is 5.11 Å². The molecule has 4 heteroatoms. The van der Waals surface area contributed by atoms with Crippen molar-refractivity contribution in [1.82, 2.24) is 4.90 Å². The van der Waals surface area contributed by atoms with Gasteiger partial charge in [-0.3, -0.25) is 14.5 Å². The lowest BCUT2D eigenvalue weighted by molar-refractivity contribution is -0.138. The molecule has 1 aliphatic heterocycles. The van der Waals surface area contributed by atoms with Gasteiger partial charge in [0.15, 0.2) is 0 Å². The monoisotopic (exact) mass is 369 g/mol.